The summed E-state index contributed by atoms with van der Waals surface area (Å²) in [6.07, 6.45) is 0.841. The maximum Gasteiger partial charge on any atom is 0.267 e. The Kier molecular flexibility index (Phi) is 7.74. The monoisotopic (exact) mass is 461 g/mol. The number of methoxy groups -OCH3 is 2. The van der Waals surface area contributed by atoms with Crippen LogP contribution in [0.5, 0.6) is 5.75 Å². The third-order valence-corrected chi connectivity index (χ3v) is 7.09. The zero-order valence-electron chi connectivity index (χ0n) is 18.4. The van der Waals surface area contributed by atoms with Crippen molar-refractivity contribution in [3.8, 4) is 11.4 Å². The average Bonchev–Trinajstić information content (AvgIpc) is 3.08. The summed E-state index contributed by atoms with van der Waals surface area (Å²) in [7, 11) is 3.18. The van der Waals surface area contributed by atoms with Crippen molar-refractivity contribution in [2.45, 2.75) is 38.4 Å². The lowest BCUT2D eigenvalue weighted by atomic mass is 10.2. The molecular formula is C22H27N3O4S2. The van der Waals surface area contributed by atoms with Crippen molar-refractivity contribution in [1.82, 2.24) is 14.9 Å². The minimum Gasteiger partial charge on any atom is -0.497 e. The number of aryl methyl sites for hydroxylation is 2. The fourth-order valence-corrected chi connectivity index (χ4v) is 5.34. The molecule has 0 aliphatic heterocycles. The van der Waals surface area contributed by atoms with Gasteiger partial charge in [-0.15, -0.1) is 11.3 Å². The number of ether oxygens (including phenoxy) is 2. The number of amides is 1. The second kappa shape index (κ2) is 10.3. The van der Waals surface area contributed by atoms with Crippen molar-refractivity contribution in [2.24, 2.45) is 0 Å². The van der Waals surface area contributed by atoms with Gasteiger partial charge < -0.3 is 14.8 Å². The second-order valence-electron chi connectivity index (χ2n) is 7.13. The van der Waals surface area contributed by atoms with Crippen LogP contribution in [0.2, 0.25) is 0 Å². The number of aromatic nitrogens is 2. The van der Waals surface area contributed by atoms with Gasteiger partial charge in [-0.05, 0) is 38.0 Å². The Bertz CT molecular complexity index is 1140. The van der Waals surface area contributed by atoms with Crippen LogP contribution in [0.4, 0.5) is 0 Å². The number of thioether (sulfide) groups is 1. The molecule has 0 saturated heterocycles. The van der Waals surface area contributed by atoms with E-state index in [1.165, 1.54) is 23.1 Å². The first-order chi connectivity index (χ1) is 14.9. The standard InChI is InChI=1S/C22H27N3O4S2/c1-6-17-14(3)19-20(31-17)24-22(30-12-18(26)23-13(2)11-28-4)25(21(19)27)15-8-7-9-16(10-15)29-5/h7-10,13H,6,11-12H2,1-5H3,(H,23,26). The van der Waals surface area contributed by atoms with Crippen LogP contribution in [0.1, 0.15) is 24.3 Å². The normalized spacial score (nSPS) is 12.2. The lowest BCUT2D eigenvalue weighted by molar-refractivity contribution is -0.119. The fourth-order valence-electron chi connectivity index (χ4n) is 3.36. The Morgan fingerprint density at radius 3 is 2.81 bits per heavy atom. The third kappa shape index (κ3) is 5.11. The van der Waals surface area contributed by atoms with E-state index in [0.29, 0.717) is 33.4 Å². The highest BCUT2D eigenvalue weighted by atomic mass is 32.2. The number of rotatable bonds is 9. The summed E-state index contributed by atoms with van der Waals surface area (Å²) >= 11 is 2.78. The molecule has 0 saturated carbocycles. The van der Waals surface area contributed by atoms with Gasteiger partial charge in [-0.1, -0.05) is 24.8 Å². The Hall–Kier alpha value is -2.36. The van der Waals surface area contributed by atoms with E-state index in [1.807, 2.05) is 32.0 Å². The van der Waals surface area contributed by atoms with Crippen LogP contribution >= 0.6 is 23.1 Å². The first-order valence-corrected chi connectivity index (χ1v) is 11.8. The van der Waals surface area contributed by atoms with Gasteiger partial charge in [0.1, 0.15) is 10.6 Å². The van der Waals surface area contributed by atoms with Crippen LogP contribution in [0.15, 0.2) is 34.2 Å². The lowest BCUT2D eigenvalue weighted by Crippen LogP contribution is -2.36. The summed E-state index contributed by atoms with van der Waals surface area (Å²) in [4.78, 5) is 32.6. The molecule has 7 nitrogen and oxygen atoms in total. The maximum atomic E-state index is 13.6. The molecule has 31 heavy (non-hydrogen) atoms. The van der Waals surface area contributed by atoms with E-state index in [2.05, 4.69) is 12.2 Å². The van der Waals surface area contributed by atoms with Gasteiger partial charge in [-0.25, -0.2) is 4.98 Å². The minimum atomic E-state index is -0.141. The van der Waals surface area contributed by atoms with E-state index in [0.717, 1.165) is 16.9 Å². The van der Waals surface area contributed by atoms with Crippen molar-refractivity contribution in [1.29, 1.82) is 0 Å². The van der Waals surface area contributed by atoms with Gasteiger partial charge in [-0.2, -0.15) is 0 Å². The number of nitrogens with zero attached hydrogens (tertiary/aromatic N) is 2. The Balaban J connectivity index is 2.06. The summed E-state index contributed by atoms with van der Waals surface area (Å²) < 4.78 is 12.0. The number of thiophene rings is 1. The molecule has 166 valence electrons. The average molecular weight is 462 g/mol. The lowest BCUT2D eigenvalue weighted by Gasteiger charge is -2.15. The number of carbonyl (C=O) groups excluding carboxylic acids is 1. The molecule has 2 heterocycles. The summed E-state index contributed by atoms with van der Waals surface area (Å²) in [6.45, 7) is 6.35. The van der Waals surface area contributed by atoms with Crippen molar-refractivity contribution < 1.29 is 14.3 Å². The molecular weight excluding hydrogens is 434 g/mol. The molecule has 2 aromatic heterocycles. The van der Waals surface area contributed by atoms with Crippen LogP contribution in [0, 0.1) is 6.92 Å². The van der Waals surface area contributed by atoms with Crippen molar-refractivity contribution in [3.63, 3.8) is 0 Å². The molecule has 1 unspecified atom stereocenters. The molecule has 0 bridgehead atoms. The van der Waals surface area contributed by atoms with Gasteiger partial charge in [-0.3, -0.25) is 14.2 Å². The number of hydrogen-bond donors (Lipinski definition) is 1. The second-order valence-corrected chi connectivity index (χ2v) is 9.16. The molecule has 1 atom stereocenters. The first kappa shape index (κ1) is 23.3. The molecule has 1 amide bonds. The Morgan fingerprint density at radius 1 is 1.35 bits per heavy atom. The van der Waals surface area contributed by atoms with Crippen molar-refractivity contribution in [2.75, 3.05) is 26.6 Å². The van der Waals surface area contributed by atoms with E-state index in [9.17, 15) is 9.59 Å². The largest absolute Gasteiger partial charge is 0.497 e. The molecule has 9 heteroatoms. The van der Waals surface area contributed by atoms with Crippen LogP contribution in [0.25, 0.3) is 15.9 Å². The molecule has 0 spiro atoms. The third-order valence-electron chi connectivity index (χ3n) is 4.82. The Morgan fingerprint density at radius 2 is 2.13 bits per heavy atom. The molecule has 0 aliphatic carbocycles. The number of nitrogens with one attached hydrogen (secondary N) is 1. The van der Waals surface area contributed by atoms with Gasteiger partial charge in [0.2, 0.25) is 5.91 Å². The topological polar surface area (TPSA) is 82.4 Å². The van der Waals surface area contributed by atoms with Gasteiger partial charge in [0.25, 0.3) is 5.56 Å². The summed E-state index contributed by atoms with van der Waals surface area (Å²) in [5, 5.41) is 3.99. The van der Waals surface area contributed by atoms with Crippen molar-refractivity contribution >= 4 is 39.2 Å². The predicted octanol–water partition coefficient (Wildman–Crippen LogP) is 3.57. The van der Waals surface area contributed by atoms with E-state index in [4.69, 9.17) is 14.5 Å². The number of carbonyl (C=O) groups is 1. The van der Waals surface area contributed by atoms with E-state index < -0.39 is 0 Å². The van der Waals surface area contributed by atoms with Gasteiger partial charge in [0.05, 0.1) is 30.5 Å². The fraction of sp³-hybridized carbons (Fsp3) is 0.409. The molecule has 1 aromatic carbocycles. The van der Waals surface area contributed by atoms with Crippen molar-refractivity contribution in [3.05, 3.63) is 45.1 Å². The zero-order valence-corrected chi connectivity index (χ0v) is 20.0. The zero-order chi connectivity index (χ0) is 22.5. The molecule has 0 aliphatic rings. The Labute approximate surface area is 189 Å². The van der Waals surface area contributed by atoms with Crippen LogP contribution in [0.3, 0.4) is 0 Å². The molecule has 0 radical (unpaired) electrons. The highest BCUT2D eigenvalue weighted by Crippen LogP contribution is 2.31. The maximum absolute atomic E-state index is 13.6. The smallest absolute Gasteiger partial charge is 0.267 e. The molecule has 3 rings (SSSR count). The SMILES string of the molecule is CCc1sc2nc(SCC(=O)NC(C)COC)n(-c3cccc(OC)c3)c(=O)c2c1C. The van der Waals surface area contributed by atoms with Gasteiger partial charge >= 0.3 is 0 Å². The van der Waals surface area contributed by atoms with Gasteiger partial charge in [0.15, 0.2) is 5.16 Å². The highest BCUT2D eigenvalue weighted by molar-refractivity contribution is 7.99. The van der Waals surface area contributed by atoms with Gasteiger partial charge in [0, 0.05) is 24.1 Å². The van der Waals surface area contributed by atoms with Crippen LogP contribution in [-0.2, 0) is 16.0 Å². The first-order valence-electron chi connectivity index (χ1n) is 10.00. The number of hydrogen-bond acceptors (Lipinski definition) is 7. The number of benzene rings is 1. The minimum absolute atomic E-state index is 0.0961. The molecule has 3 aromatic rings. The summed E-state index contributed by atoms with van der Waals surface area (Å²) in [5.41, 5.74) is 1.49. The predicted molar refractivity (Wildman–Crippen MR) is 126 cm³/mol. The van der Waals surface area contributed by atoms with E-state index in [-0.39, 0.29) is 23.3 Å². The van der Waals surface area contributed by atoms with Crippen LogP contribution in [-0.4, -0.2) is 48.1 Å². The highest BCUT2D eigenvalue weighted by Gasteiger charge is 2.20. The summed E-state index contributed by atoms with van der Waals surface area (Å²) in [5.74, 6) is 0.640. The quantitative estimate of drug-likeness (QED) is 0.388. The van der Waals surface area contributed by atoms with E-state index >= 15 is 0 Å². The summed E-state index contributed by atoms with van der Waals surface area (Å²) in [6, 6.07) is 7.19. The molecule has 1 N–H and O–H groups in total. The van der Waals surface area contributed by atoms with Crippen LogP contribution < -0.4 is 15.6 Å². The number of fused-ring (bicyclic) bond motifs is 1. The van der Waals surface area contributed by atoms with E-state index in [1.54, 1.807) is 24.9 Å². The molecule has 0 fully saturated rings.